The third kappa shape index (κ3) is 3.73. The highest BCUT2D eigenvalue weighted by Gasteiger charge is 2.18. The van der Waals surface area contributed by atoms with E-state index >= 15 is 0 Å². The first-order chi connectivity index (χ1) is 13.6. The van der Waals surface area contributed by atoms with Crippen LogP contribution in [0, 0.1) is 10.8 Å². The number of carbonyl (C=O) groups is 1. The summed E-state index contributed by atoms with van der Waals surface area (Å²) in [6.45, 7) is 0.565. The third-order valence-electron chi connectivity index (χ3n) is 4.61. The molecule has 0 atom stereocenters. The smallest absolute Gasteiger partial charge is 0.226 e. The Kier molecular flexibility index (Phi) is 5.74. The summed E-state index contributed by atoms with van der Waals surface area (Å²) in [5.41, 5.74) is 5.73. The van der Waals surface area contributed by atoms with Gasteiger partial charge in [-0.1, -0.05) is 18.2 Å². The lowest BCUT2D eigenvalue weighted by Crippen LogP contribution is -2.11. The van der Waals surface area contributed by atoms with Gasteiger partial charge in [-0.25, -0.2) is 0 Å². The molecule has 0 aliphatic carbocycles. The fourth-order valence-electron chi connectivity index (χ4n) is 3.23. The van der Waals surface area contributed by atoms with Gasteiger partial charge < -0.3 is 26.7 Å². The maximum Gasteiger partial charge on any atom is 0.226 e. The molecule has 1 aliphatic heterocycles. The van der Waals surface area contributed by atoms with Gasteiger partial charge in [0.15, 0.2) is 0 Å². The van der Waals surface area contributed by atoms with Crippen LogP contribution in [0.2, 0.25) is 0 Å². The average Bonchev–Trinajstić information content (AvgIpc) is 2.91. The van der Waals surface area contributed by atoms with Crippen LogP contribution in [0.15, 0.2) is 48.2 Å². The van der Waals surface area contributed by atoms with Gasteiger partial charge in [0, 0.05) is 61.9 Å². The molecule has 1 amide bonds. The van der Waals surface area contributed by atoms with E-state index in [1.165, 1.54) is 0 Å². The first-order valence-electron chi connectivity index (χ1n) is 9.05. The van der Waals surface area contributed by atoms with Crippen LogP contribution in [0.1, 0.15) is 12.0 Å². The van der Waals surface area contributed by atoms with Gasteiger partial charge in [0.05, 0.1) is 17.1 Å². The number of rotatable bonds is 6. The number of anilines is 3. The Bertz CT molecular complexity index is 963. The first-order valence-corrected chi connectivity index (χ1v) is 9.05. The van der Waals surface area contributed by atoms with E-state index in [-0.39, 0.29) is 11.6 Å². The zero-order valence-corrected chi connectivity index (χ0v) is 15.9. The van der Waals surface area contributed by atoms with Crippen LogP contribution in [0.4, 0.5) is 17.1 Å². The Morgan fingerprint density at radius 2 is 2.04 bits per heavy atom. The lowest BCUT2D eigenvalue weighted by atomic mass is 9.95. The highest BCUT2D eigenvalue weighted by Crippen LogP contribution is 2.37. The Morgan fingerprint density at radius 1 is 1.21 bits per heavy atom. The molecule has 2 aromatic carbocycles. The van der Waals surface area contributed by atoms with E-state index in [4.69, 9.17) is 10.8 Å². The average molecular weight is 376 g/mol. The van der Waals surface area contributed by atoms with Crippen LogP contribution in [0.25, 0.3) is 11.1 Å². The summed E-state index contributed by atoms with van der Waals surface area (Å²) in [6.07, 6.45) is 3.21. The second kappa shape index (κ2) is 8.39. The summed E-state index contributed by atoms with van der Waals surface area (Å²) in [6, 6.07) is 11.6. The van der Waals surface area contributed by atoms with Crippen molar-refractivity contribution < 1.29 is 4.79 Å². The minimum absolute atomic E-state index is 0.00998. The number of carbonyl (C=O) groups excluding carboxylic acids is 1. The minimum Gasteiger partial charge on any atom is -0.393 e. The molecule has 7 heteroatoms. The number of benzene rings is 2. The van der Waals surface area contributed by atoms with E-state index in [0.717, 1.165) is 34.4 Å². The highest BCUT2D eigenvalue weighted by molar-refractivity contribution is 6.24. The molecule has 0 spiro atoms. The molecule has 0 saturated heterocycles. The van der Waals surface area contributed by atoms with Crippen LogP contribution in [-0.4, -0.2) is 38.5 Å². The van der Waals surface area contributed by atoms with Crippen LogP contribution in [0.5, 0.6) is 0 Å². The van der Waals surface area contributed by atoms with Crippen molar-refractivity contribution in [2.75, 3.05) is 36.6 Å². The van der Waals surface area contributed by atoms with Crippen molar-refractivity contribution in [3.05, 3.63) is 53.7 Å². The van der Waals surface area contributed by atoms with E-state index in [1.54, 1.807) is 13.2 Å². The topological polar surface area (TPSA) is 113 Å². The van der Waals surface area contributed by atoms with Crippen LogP contribution in [-0.2, 0) is 4.79 Å². The zero-order chi connectivity index (χ0) is 20.1. The molecule has 0 bridgehead atoms. The molecule has 1 aliphatic rings. The van der Waals surface area contributed by atoms with Crippen LogP contribution < -0.4 is 21.3 Å². The fourth-order valence-corrected chi connectivity index (χ4v) is 3.23. The molecule has 0 unspecified atom stereocenters. The molecule has 0 saturated carbocycles. The van der Waals surface area contributed by atoms with E-state index < -0.39 is 0 Å². The van der Waals surface area contributed by atoms with Gasteiger partial charge in [-0.3, -0.25) is 10.2 Å². The lowest BCUT2D eigenvalue weighted by molar-refractivity contribution is -0.115. The summed E-state index contributed by atoms with van der Waals surface area (Å²) in [5.74, 6) is -0.00998. The third-order valence-corrected chi connectivity index (χ3v) is 4.61. The van der Waals surface area contributed by atoms with Crippen molar-refractivity contribution in [1.82, 2.24) is 5.32 Å². The summed E-state index contributed by atoms with van der Waals surface area (Å²) in [4.78, 5) is 11.9. The van der Waals surface area contributed by atoms with E-state index in [9.17, 15) is 4.79 Å². The largest absolute Gasteiger partial charge is 0.393 e. The summed E-state index contributed by atoms with van der Waals surface area (Å²) < 4.78 is 0. The number of fused-ring (bicyclic) bond motifs is 1. The molecule has 1 heterocycles. The molecule has 0 radical (unpaired) electrons. The SMILES string of the molecule is CN/C=C(\C=N)C(=N)c1cc(-c2cccc3c2NCCC(=O)N3)ccc1NC. The molecule has 144 valence electrons. The quantitative estimate of drug-likeness (QED) is 0.434. The van der Waals surface area contributed by atoms with Gasteiger partial charge in [0.2, 0.25) is 5.91 Å². The predicted molar refractivity (Wildman–Crippen MR) is 116 cm³/mol. The second-order valence-corrected chi connectivity index (χ2v) is 6.37. The molecule has 6 N–H and O–H groups in total. The Labute approximate surface area is 164 Å². The molecule has 0 aromatic heterocycles. The van der Waals surface area contributed by atoms with Crippen LogP contribution >= 0.6 is 0 Å². The number of allylic oxidation sites excluding steroid dienone is 1. The number of amides is 1. The molecule has 0 fully saturated rings. The van der Waals surface area contributed by atoms with Gasteiger partial charge in [0.1, 0.15) is 0 Å². The standard InChI is InChI=1S/C21H24N6O/c1-24-12-14(11-22)20(23)16-10-13(6-7-17(16)25-2)15-4-3-5-18-21(15)26-9-8-19(28)27-18/h3-7,10-12,22-26H,8-9H2,1-2H3,(H,27,28)/b14-12+,22-11?,23-20?. The molecule has 28 heavy (non-hydrogen) atoms. The fraction of sp³-hybridized carbons (Fsp3) is 0.190. The first kappa shape index (κ1) is 19.2. The van der Waals surface area contributed by atoms with Crippen molar-refractivity contribution in [1.29, 1.82) is 10.8 Å². The summed E-state index contributed by atoms with van der Waals surface area (Å²) in [7, 11) is 3.55. The monoisotopic (exact) mass is 376 g/mol. The Morgan fingerprint density at radius 3 is 2.75 bits per heavy atom. The van der Waals surface area contributed by atoms with Crippen molar-refractivity contribution in [2.24, 2.45) is 0 Å². The molecular formula is C21H24N6O. The number of hydrogen-bond donors (Lipinski definition) is 6. The number of para-hydroxylation sites is 1. The minimum atomic E-state index is -0.00998. The van der Waals surface area contributed by atoms with E-state index in [1.807, 2.05) is 43.4 Å². The predicted octanol–water partition coefficient (Wildman–Crippen LogP) is 3.27. The van der Waals surface area contributed by atoms with Crippen molar-refractivity contribution in [3.8, 4) is 11.1 Å². The van der Waals surface area contributed by atoms with Crippen molar-refractivity contribution in [3.63, 3.8) is 0 Å². The van der Waals surface area contributed by atoms with Crippen molar-refractivity contribution >= 4 is 34.9 Å². The van der Waals surface area contributed by atoms with E-state index in [2.05, 4.69) is 21.3 Å². The van der Waals surface area contributed by atoms with Gasteiger partial charge in [-0.15, -0.1) is 0 Å². The summed E-state index contributed by atoms with van der Waals surface area (Å²) >= 11 is 0. The van der Waals surface area contributed by atoms with Gasteiger partial charge in [-0.05, 0) is 23.8 Å². The lowest BCUT2D eigenvalue weighted by Gasteiger charge is -2.17. The number of nitrogens with one attached hydrogen (secondary N) is 6. The van der Waals surface area contributed by atoms with Crippen LogP contribution in [0.3, 0.4) is 0 Å². The molecule has 3 rings (SSSR count). The molecule has 7 nitrogen and oxygen atoms in total. The highest BCUT2D eigenvalue weighted by atomic mass is 16.1. The van der Waals surface area contributed by atoms with E-state index in [0.29, 0.717) is 24.1 Å². The maximum absolute atomic E-state index is 11.9. The van der Waals surface area contributed by atoms with Crippen molar-refractivity contribution in [2.45, 2.75) is 6.42 Å². The molecular weight excluding hydrogens is 352 g/mol. The second-order valence-electron chi connectivity index (χ2n) is 6.37. The van der Waals surface area contributed by atoms with Gasteiger partial charge >= 0.3 is 0 Å². The summed E-state index contributed by atoms with van der Waals surface area (Å²) in [5, 5.41) is 28.5. The molecule has 2 aromatic rings. The maximum atomic E-state index is 11.9. The number of hydrogen-bond acceptors (Lipinski definition) is 6. The van der Waals surface area contributed by atoms with Gasteiger partial charge in [0.25, 0.3) is 0 Å². The Balaban J connectivity index is 2.11. The zero-order valence-electron chi connectivity index (χ0n) is 15.9. The Hall–Kier alpha value is -3.61. The van der Waals surface area contributed by atoms with Gasteiger partial charge in [-0.2, -0.15) is 0 Å². The normalized spacial score (nSPS) is 13.5.